The third-order valence-corrected chi connectivity index (χ3v) is 2.32. The highest BCUT2D eigenvalue weighted by atomic mass is 79.9. The zero-order valence-electron chi connectivity index (χ0n) is 5.77. The summed E-state index contributed by atoms with van der Waals surface area (Å²) >= 11 is 8.82. The lowest BCUT2D eigenvalue weighted by Crippen LogP contribution is -1.95. The minimum atomic E-state index is -0.0839. The summed E-state index contributed by atoms with van der Waals surface area (Å²) in [4.78, 5) is 14.6. The van der Waals surface area contributed by atoms with Gasteiger partial charge in [0.05, 0.1) is 4.47 Å². The number of rotatable bonds is 1. The van der Waals surface area contributed by atoms with Gasteiger partial charge in [0.15, 0.2) is 5.78 Å². The number of hydrogen-bond donors (Lipinski definition) is 0. The molecule has 0 atom stereocenters. The van der Waals surface area contributed by atoms with E-state index in [4.69, 9.17) is 11.6 Å². The van der Waals surface area contributed by atoms with Crippen LogP contribution < -0.4 is 0 Å². The molecule has 0 radical (unpaired) electrons. The Hall–Kier alpha value is -0.410. The quantitative estimate of drug-likeness (QED) is 0.552. The standard InChI is InChI=1S/C7H5BrClNO/c1-4(11)6-3-2-5(8)7(9)10-6/h2-3H,1H3. The van der Waals surface area contributed by atoms with Gasteiger partial charge in [-0.05, 0) is 28.1 Å². The summed E-state index contributed by atoms with van der Waals surface area (Å²) in [6.07, 6.45) is 0. The van der Waals surface area contributed by atoms with Crippen LogP contribution in [0, 0.1) is 0 Å². The maximum absolute atomic E-state index is 10.8. The van der Waals surface area contributed by atoms with Crippen LogP contribution in [0.5, 0.6) is 0 Å². The minimum absolute atomic E-state index is 0.0839. The van der Waals surface area contributed by atoms with E-state index < -0.39 is 0 Å². The van der Waals surface area contributed by atoms with E-state index >= 15 is 0 Å². The molecule has 0 aromatic carbocycles. The maximum Gasteiger partial charge on any atom is 0.178 e. The van der Waals surface area contributed by atoms with E-state index in [2.05, 4.69) is 20.9 Å². The van der Waals surface area contributed by atoms with Gasteiger partial charge >= 0.3 is 0 Å². The Balaban J connectivity index is 3.15. The first-order valence-corrected chi connectivity index (χ1v) is 4.11. The van der Waals surface area contributed by atoms with Crippen LogP contribution in [-0.2, 0) is 0 Å². The van der Waals surface area contributed by atoms with Crippen LogP contribution in [0.15, 0.2) is 16.6 Å². The van der Waals surface area contributed by atoms with Gasteiger partial charge < -0.3 is 0 Å². The number of carbonyl (C=O) groups excluding carboxylic acids is 1. The first-order chi connectivity index (χ1) is 5.11. The van der Waals surface area contributed by atoms with E-state index in [1.54, 1.807) is 12.1 Å². The van der Waals surface area contributed by atoms with Crippen LogP contribution in [0.25, 0.3) is 0 Å². The number of halogens is 2. The van der Waals surface area contributed by atoms with Crippen molar-refractivity contribution in [1.82, 2.24) is 4.98 Å². The molecule has 0 aliphatic carbocycles. The predicted octanol–water partition coefficient (Wildman–Crippen LogP) is 2.70. The number of aromatic nitrogens is 1. The van der Waals surface area contributed by atoms with E-state index in [9.17, 15) is 4.79 Å². The summed E-state index contributed by atoms with van der Waals surface area (Å²) in [6.45, 7) is 1.45. The largest absolute Gasteiger partial charge is 0.293 e. The third-order valence-electron chi connectivity index (χ3n) is 1.16. The number of nitrogens with zero attached hydrogens (tertiary/aromatic N) is 1. The summed E-state index contributed by atoms with van der Waals surface area (Å²) in [5.74, 6) is -0.0839. The number of ketones is 1. The molecule has 1 rings (SSSR count). The van der Waals surface area contributed by atoms with Crippen LogP contribution in [-0.4, -0.2) is 10.8 Å². The van der Waals surface area contributed by atoms with Crippen molar-refractivity contribution in [2.24, 2.45) is 0 Å². The molecule has 11 heavy (non-hydrogen) atoms. The van der Waals surface area contributed by atoms with Crippen LogP contribution in [0.3, 0.4) is 0 Å². The Morgan fingerprint density at radius 1 is 1.64 bits per heavy atom. The Morgan fingerprint density at radius 2 is 2.27 bits per heavy atom. The molecule has 0 N–H and O–H groups in total. The monoisotopic (exact) mass is 233 g/mol. The molecule has 0 bridgehead atoms. The summed E-state index contributed by atoms with van der Waals surface area (Å²) < 4.78 is 0.698. The average Bonchev–Trinajstić information content (AvgIpc) is 1.94. The second kappa shape index (κ2) is 3.32. The van der Waals surface area contributed by atoms with Gasteiger partial charge in [0, 0.05) is 6.92 Å². The summed E-state index contributed by atoms with van der Waals surface area (Å²) in [6, 6.07) is 3.32. The molecular weight excluding hydrogens is 229 g/mol. The smallest absolute Gasteiger partial charge is 0.178 e. The van der Waals surface area contributed by atoms with E-state index in [1.807, 2.05) is 0 Å². The molecule has 1 aromatic rings. The van der Waals surface area contributed by atoms with E-state index in [1.165, 1.54) is 6.92 Å². The summed E-state index contributed by atoms with van der Waals surface area (Å²) in [5, 5.41) is 0.317. The molecule has 2 nitrogen and oxygen atoms in total. The highest BCUT2D eigenvalue weighted by Gasteiger charge is 2.03. The Kier molecular flexibility index (Phi) is 2.62. The van der Waals surface area contributed by atoms with Crippen molar-refractivity contribution in [2.75, 3.05) is 0 Å². The molecule has 0 amide bonds. The topological polar surface area (TPSA) is 30.0 Å². The molecule has 1 heterocycles. The van der Waals surface area contributed by atoms with E-state index in [0.29, 0.717) is 15.3 Å². The second-order valence-electron chi connectivity index (χ2n) is 2.03. The van der Waals surface area contributed by atoms with Crippen LogP contribution >= 0.6 is 27.5 Å². The molecule has 0 fully saturated rings. The van der Waals surface area contributed by atoms with Crippen molar-refractivity contribution in [1.29, 1.82) is 0 Å². The number of pyridine rings is 1. The normalized spacial score (nSPS) is 9.73. The highest BCUT2D eigenvalue weighted by Crippen LogP contribution is 2.19. The number of hydrogen-bond acceptors (Lipinski definition) is 2. The van der Waals surface area contributed by atoms with Crippen molar-refractivity contribution in [3.8, 4) is 0 Å². The number of carbonyl (C=O) groups is 1. The van der Waals surface area contributed by atoms with E-state index in [0.717, 1.165) is 0 Å². The SMILES string of the molecule is CC(=O)c1ccc(Br)c(Cl)n1. The van der Waals surface area contributed by atoms with Gasteiger partial charge in [0.1, 0.15) is 10.8 Å². The molecule has 0 saturated carbocycles. The molecule has 0 unspecified atom stereocenters. The van der Waals surface area contributed by atoms with E-state index in [-0.39, 0.29) is 5.78 Å². The Morgan fingerprint density at radius 3 is 2.73 bits per heavy atom. The fraction of sp³-hybridized carbons (Fsp3) is 0.143. The molecule has 0 aliphatic heterocycles. The van der Waals surface area contributed by atoms with Gasteiger partial charge in [0.25, 0.3) is 0 Å². The van der Waals surface area contributed by atoms with Gasteiger partial charge in [-0.1, -0.05) is 11.6 Å². The van der Waals surface area contributed by atoms with Crippen LogP contribution in [0.1, 0.15) is 17.4 Å². The zero-order chi connectivity index (χ0) is 8.43. The van der Waals surface area contributed by atoms with Gasteiger partial charge in [0.2, 0.25) is 0 Å². The van der Waals surface area contributed by atoms with Crippen molar-refractivity contribution in [3.63, 3.8) is 0 Å². The lowest BCUT2D eigenvalue weighted by Gasteiger charge is -1.96. The molecule has 58 valence electrons. The summed E-state index contributed by atoms with van der Waals surface area (Å²) in [7, 11) is 0. The van der Waals surface area contributed by atoms with Crippen molar-refractivity contribution < 1.29 is 4.79 Å². The van der Waals surface area contributed by atoms with Crippen LogP contribution in [0.2, 0.25) is 5.15 Å². The zero-order valence-corrected chi connectivity index (χ0v) is 8.11. The van der Waals surface area contributed by atoms with Gasteiger partial charge in [-0.25, -0.2) is 4.98 Å². The lowest BCUT2D eigenvalue weighted by molar-refractivity contribution is 0.101. The minimum Gasteiger partial charge on any atom is -0.293 e. The van der Waals surface area contributed by atoms with Gasteiger partial charge in [-0.3, -0.25) is 4.79 Å². The maximum atomic E-state index is 10.8. The van der Waals surface area contributed by atoms with Crippen molar-refractivity contribution >= 4 is 33.3 Å². The number of Topliss-reactive ketones (excluding diaryl/α,β-unsaturated/α-hetero) is 1. The molecule has 0 aliphatic rings. The second-order valence-corrected chi connectivity index (χ2v) is 3.24. The molecule has 4 heteroatoms. The molecule has 0 spiro atoms. The van der Waals surface area contributed by atoms with Crippen LogP contribution in [0.4, 0.5) is 0 Å². The third kappa shape index (κ3) is 2.01. The summed E-state index contributed by atoms with van der Waals surface area (Å²) in [5.41, 5.74) is 0.387. The first-order valence-electron chi connectivity index (χ1n) is 2.94. The molecule has 1 aromatic heterocycles. The van der Waals surface area contributed by atoms with Crippen molar-refractivity contribution in [2.45, 2.75) is 6.92 Å². The highest BCUT2D eigenvalue weighted by molar-refractivity contribution is 9.10. The Labute approximate surface area is 77.7 Å². The van der Waals surface area contributed by atoms with Gasteiger partial charge in [-0.2, -0.15) is 0 Å². The van der Waals surface area contributed by atoms with Crippen molar-refractivity contribution in [3.05, 3.63) is 27.5 Å². The fourth-order valence-corrected chi connectivity index (χ4v) is 0.988. The average molecular weight is 234 g/mol. The molecule has 0 saturated heterocycles. The predicted molar refractivity (Wildman–Crippen MR) is 47.0 cm³/mol. The first kappa shape index (κ1) is 8.68. The lowest BCUT2D eigenvalue weighted by atomic mass is 10.3. The molecular formula is C7H5BrClNO. The Bertz CT molecular complexity index is 300. The fourth-order valence-electron chi connectivity index (χ4n) is 0.613. The van der Waals surface area contributed by atoms with Gasteiger partial charge in [-0.15, -0.1) is 0 Å².